The highest BCUT2D eigenvalue weighted by molar-refractivity contribution is 4.92. The zero-order chi connectivity index (χ0) is 7.61. The Bertz CT molecular complexity index is 133. The molecule has 1 heterocycles. The average Bonchev–Trinajstić information content (AvgIpc) is 2.33. The summed E-state index contributed by atoms with van der Waals surface area (Å²) in [7, 11) is 0. The quantitative estimate of drug-likeness (QED) is 0.582. The summed E-state index contributed by atoms with van der Waals surface area (Å²) < 4.78 is 5.33. The highest BCUT2D eigenvalue weighted by atomic mass is 16.5. The second-order valence-electron chi connectivity index (χ2n) is 3.26. The fourth-order valence-corrected chi connectivity index (χ4v) is 1.17. The third-order valence-corrected chi connectivity index (χ3v) is 1.98. The van der Waals surface area contributed by atoms with Gasteiger partial charge in [0.25, 0.3) is 0 Å². The molecule has 0 radical (unpaired) electrons. The minimum atomic E-state index is -0.0289. The Morgan fingerprint density at radius 2 is 2.60 bits per heavy atom. The Morgan fingerprint density at radius 1 is 1.90 bits per heavy atom. The van der Waals surface area contributed by atoms with Crippen LogP contribution >= 0.6 is 0 Å². The summed E-state index contributed by atoms with van der Waals surface area (Å²) in [4.78, 5) is 0. The molecule has 1 N–H and O–H groups in total. The number of rotatable bonds is 2. The monoisotopic (exact) mass is 142 g/mol. The van der Waals surface area contributed by atoms with Crippen LogP contribution < -0.4 is 0 Å². The molecule has 1 saturated heterocycles. The van der Waals surface area contributed by atoms with E-state index in [0.717, 1.165) is 6.42 Å². The van der Waals surface area contributed by atoms with Crippen molar-refractivity contribution >= 4 is 0 Å². The van der Waals surface area contributed by atoms with Crippen molar-refractivity contribution in [1.82, 2.24) is 0 Å². The molecule has 2 unspecified atom stereocenters. The molecule has 2 atom stereocenters. The van der Waals surface area contributed by atoms with Gasteiger partial charge in [-0.3, -0.25) is 0 Å². The van der Waals surface area contributed by atoms with Crippen molar-refractivity contribution in [2.24, 2.45) is 5.41 Å². The van der Waals surface area contributed by atoms with E-state index in [0.29, 0.717) is 6.61 Å². The molecule has 2 heteroatoms. The van der Waals surface area contributed by atoms with Gasteiger partial charge in [0.15, 0.2) is 0 Å². The summed E-state index contributed by atoms with van der Waals surface area (Å²) in [6.45, 7) is 6.52. The SMILES string of the molecule is C=CC1CC(C)(CO)CO1. The van der Waals surface area contributed by atoms with Crippen molar-refractivity contribution in [3.8, 4) is 0 Å². The van der Waals surface area contributed by atoms with Gasteiger partial charge in [0.05, 0.1) is 19.3 Å². The number of hydrogen-bond acceptors (Lipinski definition) is 2. The van der Waals surface area contributed by atoms with Crippen molar-refractivity contribution in [2.75, 3.05) is 13.2 Å². The zero-order valence-corrected chi connectivity index (χ0v) is 6.34. The lowest BCUT2D eigenvalue weighted by Crippen LogP contribution is -2.21. The maximum Gasteiger partial charge on any atom is 0.0760 e. The van der Waals surface area contributed by atoms with Gasteiger partial charge in [-0.2, -0.15) is 0 Å². The van der Waals surface area contributed by atoms with Crippen molar-refractivity contribution in [3.05, 3.63) is 12.7 Å². The van der Waals surface area contributed by atoms with Crippen LogP contribution in [0.1, 0.15) is 13.3 Å². The molecule has 2 nitrogen and oxygen atoms in total. The molecular weight excluding hydrogens is 128 g/mol. The molecule has 1 aliphatic heterocycles. The molecule has 0 aliphatic carbocycles. The van der Waals surface area contributed by atoms with Gasteiger partial charge in [0.1, 0.15) is 0 Å². The largest absolute Gasteiger partial charge is 0.396 e. The number of aliphatic hydroxyl groups is 1. The molecule has 0 aromatic rings. The summed E-state index contributed by atoms with van der Waals surface area (Å²) in [6.07, 6.45) is 2.84. The van der Waals surface area contributed by atoms with E-state index in [9.17, 15) is 0 Å². The molecule has 0 spiro atoms. The van der Waals surface area contributed by atoms with Crippen molar-refractivity contribution in [2.45, 2.75) is 19.4 Å². The Balaban J connectivity index is 2.48. The van der Waals surface area contributed by atoms with Gasteiger partial charge >= 0.3 is 0 Å². The molecule has 0 aromatic heterocycles. The third-order valence-electron chi connectivity index (χ3n) is 1.98. The van der Waals surface area contributed by atoms with Crippen LogP contribution in [-0.2, 0) is 4.74 Å². The van der Waals surface area contributed by atoms with E-state index in [-0.39, 0.29) is 18.1 Å². The van der Waals surface area contributed by atoms with E-state index in [4.69, 9.17) is 9.84 Å². The summed E-state index contributed by atoms with van der Waals surface area (Å²) in [5.74, 6) is 0. The predicted octanol–water partition coefficient (Wildman–Crippen LogP) is 0.960. The van der Waals surface area contributed by atoms with E-state index in [1.807, 2.05) is 6.92 Å². The van der Waals surface area contributed by atoms with Crippen LogP contribution in [0, 0.1) is 5.41 Å². The fourth-order valence-electron chi connectivity index (χ4n) is 1.17. The van der Waals surface area contributed by atoms with Gasteiger partial charge in [-0.1, -0.05) is 13.0 Å². The second kappa shape index (κ2) is 2.72. The van der Waals surface area contributed by atoms with Gasteiger partial charge in [-0.15, -0.1) is 6.58 Å². The first kappa shape index (κ1) is 7.76. The van der Waals surface area contributed by atoms with E-state index >= 15 is 0 Å². The van der Waals surface area contributed by atoms with Gasteiger partial charge in [0.2, 0.25) is 0 Å². The first-order chi connectivity index (χ1) is 4.70. The number of hydrogen-bond donors (Lipinski definition) is 1. The molecule has 1 aliphatic rings. The van der Waals surface area contributed by atoms with Crippen LogP contribution in [0.5, 0.6) is 0 Å². The lowest BCUT2D eigenvalue weighted by molar-refractivity contribution is 0.0939. The minimum absolute atomic E-state index is 0.0289. The fraction of sp³-hybridized carbons (Fsp3) is 0.750. The van der Waals surface area contributed by atoms with Crippen LogP contribution in [0.3, 0.4) is 0 Å². The van der Waals surface area contributed by atoms with Crippen LogP contribution in [0.15, 0.2) is 12.7 Å². The maximum atomic E-state index is 8.92. The average molecular weight is 142 g/mol. The van der Waals surface area contributed by atoms with E-state index in [1.165, 1.54) is 0 Å². The molecule has 10 heavy (non-hydrogen) atoms. The van der Waals surface area contributed by atoms with Crippen LogP contribution in [0.2, 0.25) is 0 Å². The van der Waals surface area contributed by atoms with Crippen molar-refractivity contribution < 1.29 is 9.84 Å². The van der Waals surface area contributed by atoms with Crippen LogP contribution in [0.25, 0.3) is 0 Å². The highest BCUT2D eigenvalue weighted by Crippen LogP contribution is 2.31. The molecule has 0 saturated carbocycles. The lowest BCUT2D eigenvalue weighted by Gasteiger charge is -2.16. The summed E-state index contributed by atoms with van der Waals surface area (Å²) in [5, 5.41) is 8.92. The third kappa shape index (κ3) is 1.39. The highest BCUT2D eigenvalue weighted by Gasteiger charge is 2.33. The second-order valence-corrected chi connectivity index (χ2v) is 3.26. The summed E-state index contributed by atoms with van der Waals surface area (Å²) in [5.41, 5.74) is -0.0289. The molecule has 0 aromatic carbocycles. The lowest BCUT2D eigenvalue weighted by atomic mass is 9.89. The molecular formula is C8H14O2. The van der Waals surface area contributed by atoms with Crippen molar-refractivity contribution in [3.63, 3.8) is 0 Å². The first-order valence-electron chi connectivity index (χ1n) is 3.55. The molecule has 0 bridgehead atoms. The Kier molecular flexibility index (Phi) is 2.11. The van der Waals surface area contributed by atoms with E-state index < -0.39 is 0 Å². The normalized spacial score (nSPS) is 40.0. The maximum absolute atomic E-state index is 8.92. The number of aliphatic hydroxyl groups excluding tert-OH is 1. The van der Waals surface area contributed by atoms with Gasteiger partial charge in [-0.25, -0.2) is 0 Å². The molecule has 1 rings (SSSR count). The molecule has 0 amide bonds. The van der Waals surface area contributed by atoms with Crippen molar-refractivity contribution in [1.29, 1.82) is 0 Å². The zero-order valence-electron chi connectivity index (χ0n) is 6.34. The number of ether oxygens (including phenoxy) is 1. The van der Waals surface area contributed by atoms with Gasteiger partial charge in [0, 0.05) is 5.41 Å². The first-order valence-corrected chi connectivity index (χ1v) is 3.55. The van der Waals surface area contributed by atoms with E-state index in [2.05, 4.69) is 6.58 Å². The van der Waals surface area contributed by atoms with Crippen LogP contribution in [0.4, 0.5) is 0 Å². The Morgan fingerprint density at radius 3 is 2.90 bits per heavy atom. The molecule has 1 fully saturated rings. The Labute approximate surface area is 61.5 Å². The van der Waals surface area contributed by atoms with Gasteiger partial charge in [-0.05, 0) is 6.42 Å². The summed E-state index contributed by atoms with van der Waals surface area (Å²) in [6, 6.07) is 0. The van der Waals surface area contributed by atoms with E-state index in [1.54, 1.807) is 6.08 Å². The van der Waals surface area contributed by atoms with Gasteiger partial charge < -0.3 is 9.84 Å². The van der Waals surface area contributed by atoms with Crippen LogP contribution in [-0.4, -0.2) is 24.4 Å². The Hall–Kier alpha value is -0.340. The topological polar surface area (TPSA) is 29.5 Å². The smallest absolute Gasteiger partial charge is 0.0760 e. The predicted molar refractivity (Wildman–Crippen MR) is 39.7 cm³/mol. The standard InChI is InChI=1S/C8H14O2/c1-3-7-4-8(2,5-9)6-10-7/h3,7,9H,1,4-6H2,2H3. The molecule has 58 valence electrons. The minimum Gasteiger partial charge on any atom is -0.396 e. The summed E-state index contributed by atoms with van der Waals surface area (Å²) >= 11 is 0.